The van der Waals surface area contributed by atoms with Crippen molar-refractivity contribution in [3.63, 3.8) is 0 Å². The van der Waals surface area contributed by atoms with Crippen molar-refractivity contribution in [3.8, 4) is 0 Å². The minimum Gasteiger partial charge on any atom is -0.394 e. The SMILES string of the molecule is CC(C)(CO)Nc1ncnc2ccccc12. The van der Waals surface area contributed by atoms with Gasteiger partial charge in [-0.3, -0.25) is 0 Å². The predicted octanol–water partition coefficient (Wildman–Crippen LogP) is 1.81. The molecular weight excluding hydrogens is 202 g/mol. The van der Waals surface area contributed by atoms with E-state index in [0.717, 1.165) is 16.7 Å². The summed E-state index contributed by atoms with van der Waals surface area (Å²) in [5.41, 5.74) is 0.505. The van der Waals surface area contributed by atoms with E-state index in [2.05, 4.69) is 15.3 Å². The number of rotatable bonds is 3. The second-order valence-electron chi connectivity index (χ2n) is 4.41. The van der Waals surface area contributed by atoms with E-state index in [9.17, 15) is 5.11 Å². The molecule has 4 heteroatoms. The van der Waals surface area contributed by atoms with E-state index in [-0.39, 0.29) is 6.61 Å². The summed E-state index contributed by atoms with van der Waals surface area (Å²) in [6.45, 7) is 3.89. The fourth-order valence-corrected chi connectivity index (χ4v) is 1.46. The van der Waals surface area contributed by atoms with Crippen molar-refractivity contribution in [1.29, 1.82) is 0 Å². The molecule has 0 unspecified atom stereocenters. The first-order valence-corrected chi connectivity index (χ1v) is 5.21. The molecule has 1 aromatic carbocycles. The summed E-state index contributed by atoms with van der Waals surface area (Å²) in [6, 6.07) is 7.79. The molecule has 2 rings (SSSR count). The molecule has 84 valence electrons. The van der Waals surface area contributed by atoms with E-state index in [4.69, 9.17) is 0 Å². The number of hydrogen-bond donors (Lipinski definition) is 2. The Morgan fingerprint density at radius 2 is 2.00 bits per heavy atom. The number of fused-ring (bicyclic) bond motifs is 1. The summed E-state index contributed by atoms with van der Waals surface area (Å²) < 4.78 is 0. The van der Waals surface area contributed by atoms with Gasteiger partial charge < -0.3 is 10.4 Å². The van der Waals surface area contributed by atoms with Crippen LogP contribution in [0.3, 0.4) is 0 Å². The second kappa shape index (κ2) is 4.06. The molecule has 0 fully saturated rings. The lowest BCUT2D eigenvalue weighted by atomic mass is 10.1. The number of para-hydroxylation sites is 1. The Morgan fingerprint density at radius 1 is 1.25 bits per heavy atom. The van der Waals surface area contributed by atoms with Crippen molar-refractivity contribution in [3.05, 3.63) is 30.6 Å². The lowest BCUT2D eigenvalue weighted by Gasteiger charge is -2.24. The molecule has 0 radical (unpaired) electrons. The first kappa shape index (κ1) is 10.8. The highest BCUT2D eigenvalue weighted by molar-refractivity contribution is 5.88. The van der Waals surface area contributed by atoms with E-state index in [1.807, 2.05) is 38.1 Å². The standard InChI is InChI=1S/C12H15N3O/c1-12(2,7-16)15-11-9-5-3-4-6-10(9)13-8-14-11/h3-6,8,16H,7H2,1-2H3,(H,13,14,15). The molecule has 0 aliphatic carbocycles. The lowest BCUT2D eigenvalue weighted by Crippen LogP contribution is -2.35. The van der Waals surface area contributed by atoms with Crippen LogP contribution in [0.4, 0.5) is 5.82 Å². The molecule has 0 aliphatic rings. The molecular formula is C12H15N3O. The molecule has 2 aromatic rings. The lowest BCUT2D eigenvalue weighted by molar-refractivity contribution is 0.234. The average Bonchev–Trinajstić information content (AvgIpc) is 2.29. The van der Waals surface area contributed by atoms with Crippen LogP contribution in [-0.2, 0) is 0 Å². The normalized spacial score (nSPS) is 11.7. The van der Waals surface area contributed by atoms with Gasteiger partial charge in [0.2, 0.25) is 0 Å². The number of aliphatic hydroxyl groups is 1. The van der Waals surface area contributed by atoms with Gasteiger partial charge in [-0.2, -0.15) is 0 Å². The predicted molar refractivity (Wildman–Crippen MR) is 64.3 cm³/mol. The van der Waals surface area contributed by atoms with Crippen LogP contribution >= 0.6 is 0 Å². The Kier molecular flexibility index (Phi) is 2.75. The summed E-state index contributed by atoms with van der Waals surface area (Å²) in [5.74, 6) is 0.754. The van der Waals surface area contributed by atoms with Gasteiger partial charge in [0.05, 0.1) is 17.7 Å². The molecule has 1 heterocycles. The Morgan fingerprint density at radius 3 is 2.75 bits per heavy atom. The summed E-state index contributed by atoms with van der Waals surface area (Å²) in [6.07, 6.45) is 1.53. The fraction of sp³-hybridized carbons (Fsp3) is 0.333. The Balaban J connectivity index is 2.45. The maximum atomic E-state index is 9.22. The molecule has 0 saturated heterocycles. The van der Waals surface area contributed by atoms with Gasteiger partial charge in [-0.15, -0.1) is 0 Å². The van der Waals surface area contributed by atoms with Crippen LogP contribution in [0.25, 0.3) is 10.9 Å². The molecule has 2 N–H and O–H groups in total. The van der Waals surface area contributed by atoms with Crippen LogP contribution < -0.4 is 5.32 Å². The van der Waals surface area contributed by atoms with Crippen molar-refractivity contribution < 1.29 is 5.11 Å². The minimum absolute atomic E-state index is 0.0470. The third-order valence-electron chi connectivity index (χ3n) is 2.39. The molecule has 0 spiro atoms. The number of anilines is 1. The van der Waals surface area contributed by atoms with Crippen LogP contribution in [0.5, 0.6) is 0 Å². The number of benzene rings is 1. The van der Waals surface area contributed by atoms with E-state index in [1.165, 1.54) is 6.33 Å². The van der Waals surface area contributed by atoms with Crippen molar-refractivity contribution in [2.75, 3.05) is 11.9 Å². The monoisotopic (exact) mass is 217 g/mol. The van der Waals surface area contributed by atoms with Gasteiger partial charge in [0, 0.05) is 5.39 Å². The molecule has 4 nitrogen and oxygen atoms in total. The Bertz CT molecular complexity index is 491. The first-order chi connectivity index (χ1) is 7.62. The van der Waals surface area contributed by atoms with Crippen LogP contribution in [0.15, 0.2) is 30.6 Å². The molecule has 0 saturated carbocycles. The number of hydrogen-bond acceptors (Lipinski definition) is 4. The van der Waals surface area contributed by atoms with Gasteiger partial charge in [0.15, 0.2) is 0 Å². The second-order valence-corrected chi connectivity index (χ2v) is 4.41. The smallest absolute Gasteiger partial charge is 0.137 e. The van der Waals surface area contributed by atoms with Gasteiger partial charge in [-0.1, -0.05) is 12.1 Å². The maximum absolute atomic E-state index is 9.22. The zero-order valence-electron chi connectivity index (χ0n) is 9.44. The maximum Gasteiger partial charge on any atom is 0.137 e. The van der Waals surface area contributed by atoms with Crippen LogP contribution in [0.2, 0.25) is 0 Å². The van der Waals surface area contributed by atoms with Crippen molar-refractivity contribution in [2.24, 2.45) is 0 Å². The highest BCUT2D eigenvalue weighted by Gasteiger charge is 2.17. The molecule has 1 aromatic heterocycles. The largest absolute Gasteiger partial charge is 0.394 e. The van der Waals surface area contributed by atoms with Gasteiger partial charge in [0.1, 0.15) is 12.1 Å². The van der Waals surface area contributed by atoms with Gasteiger partial charge in [-0.05, 0) is 26.0 Å². The Hall–Kier alpha value is -1.68. The van der Waals surface area contributed by atoms with Gasteiger partial charge in [-0.25, -0.2) is 9.97 Å². The molecule has 0 aliphatic heterocycles. The van der Waals surface area contributed by atoms with Crippen molar-refractivity contribution in [2.45, 2.75) is 19.4 Å². The summed E-state index contributed by atoms with van der Waals surface area (Å²) in [4.78, 5) is 8.39. The summed E-state index contributed by atoms with van der Waals surface area (Å²) >= 11 is 0. The van der Waals surface area contributed by atoms with E-state index in [1.54, 1.807) is 0 Å². The van der Waals surface area contributed by atoms with Gasteiger partial charge >= 0.3 is 0 Å². The third-order valence-corrected chi connectivity index (χ3v) is 2.39. The number of nitrogens with zero attached hydrogens (tertiary/aromatic N) is 2. The molecule has 0 atom stereocenters. The van der Waals surface area contributed by atoms with E-state index >= 15 is 0 Å². The Labute approximate surface area is 94.4 Å². The topological polar surface area (TPSA) is 58.0 Å². The zero-order valence-corrected chi connectivity index (χ0v) is 9.44. The average molecular weight is 217 g/mol. The van der Waals surface area contributed by atoms with Crippen LogP contribution in [0, 0.1) is 0 Å². The van der Waals surface area contributed by atoms with Gasteiger partial charge in [0.25, 0.3) is 0 Å². The summed E-state index contributed by atoms with van der Waals surface area (Å²) in [7, 11) is 0. The quantitative estimate of drug-likeness (QED) is 0.823. The highest BCUT2D eigenvalue weighted by Crippen LogP contribution is 2.21. The van der Waals surface area contributed by atoms with Crippen LogP contribution in [-0.4, -0.2) is 27.2 Å². The molecule has 0 bridgehead atoms. The number of nitrogens with one attached hydrogen (secondary N) is 1. The summed E-state index contributed by atoms with van der Waals surface area (Å²) in [5, 5.41) is 13.4. The van der Waals surface area contributed by atoms with E-state index < -0.39 is 5.54 Å². The minimum atomic E-state index is -0.392. The molecule has 16 heavy (non-hydrogen) atoms. The zero-order chi connectivity index (χ0) is 11.6. The number of aliphatic hydroxyl groups excluding tert-OH is 1. The highest BCUT2D eigenvalue weighted by atomic mass is 16.3. The first-order valence-electron chi connectivity index (χ1n) is 5.21. The molecule has 0 amide bonds. The third kappa shape index (κ3) is 2.12. The fourth-order valence-electron chi connectivity index (χ4n) is 1.46. The number of aromatic nitrogens is 2. The van der Waals surface area contributed by atoms with Crippen molar-refractivity contribution >= 4 is 16.7 Å². The van der Waals surface area contributed by atoms with Crippen molar-refractivity contribution in [1.82, 2.24) is 9.97 Å². The van der Waals surface area contributed by atoms with E-state index in [0.29, 0.717) is 0 Å². The van der Waals surface area contributed by atoms with Crippen LogP contribution in [0.1, 0.15) is 13.8 Å².